The molecule has 1 aromatic carbocycles. The molecule has 5 nitrogen and oxygen atoms in total. The van der Waals surface area contributed by atoms with Crippen molar-refractivity contribution in [3.05, 3.63) is 40.9 Å². The molecule has 1 heterocycles. The lowest BCUT2D eigenvalue weighted by molar-refractivity contribution is -0.161. The van der Waals surface area contributed by atoms with Crippen LogP contribution in [0.1, 0.15) is 46.1 Å². The van der Waals surface area contributed by atoms with Crippen molar-refractivity contribution in [2.45, 2.75) is 51.6 Å². The van der Waals surface area contributed by atoms with Crippen LogP contribution >= 0.6 is 11.6 Å². The molecule has 0 aliphatic carbocycles. The Morgan fingerprint density at radius 1 is 1.15 bits per heavy atom. The number of rotatable bonds is 4. The highest BCUT2D eigenvalue weighted by molar-refractivity contribution is 6.32. The zero-order valence-electron chi connectivity index (χ0n) is 15.5. The molecule has 1 saturated heterocycles. The number of hydrogen-bond acceptors (Lipinski definition) is 4. The summed E-state index contributed by atoms with van der Waals surface area (Å²) >= 11 is 6.02. The van der Waals surface area contributed by atoms with E-state index in [2.05, 4.69) is 0 Å². The molecule has 2 rings (SSSR count). The fourth-order valence-electron chi connectivity index (χ4n) is 3.69. The molecule has 1 aliphatic rings. The molecular weight excluding hydrogens is 354 g/mol. The van der Waals surface area contributed by atoms with E-state index in [0.29, 0.717) is 23.4 Å². The predicted octanol–water partition coefficient (Wildman–Crippen LogP) is 3.65. The molecule has 1 amide bonds. The number of carbonyl (C=O) groups is 3. The third-order valence-corrected chi connectivity index (χ3v) is 4.71. The van der Waals surface area contributed by atoms with Crippen molar-refractivity contribution in [2.75, 3.05) is 6.61 Å². The van der Waals surface area contributed by atoms with E-state index in [0.717, 1.165) is 0 Å². The van der Waals surface area contributed by atoms with E-state index in [1.54, 1.807) is 29.2 Å². The molecule has 1 fully saturated rings. The largest absolute Gasteiger partial charge is 0.452 e. The topological polar surface area (TPSA) is 63.7 Å². The van der Waals surface area contributed by atoms with Gasteiger partial charge in [0, 0.05) is 35.0 Å². The number of ketones is 1. The third-order valence-electron chi connectivity index (χ3n) is 4.36. The summed E-state index contributed by atoms with van der Waals surface area (Å²) in [6.45, 7) is 7.03. The average molecular weight is 378 g/mol. The summed E-state index contributed by atoms with van der Waals surface area (Å²) in [5, 5.41) is 0.522. The number of benzene rings is 1. The zero-order valence-corrected chi connectivity index (χ0v) is 16.3. The normalized spacial score (nSPS) is 18.8. The number of hydrogen-bond donors (Lipinski definition) is 0. The van der Waals surface area contributed by atoms with Crippen LogP contribution in [0.25, 0.3) is 6.08 Å². The van der Waals surface area contributed by atoms with Crippen LogP contribution < -0.4 is 0 Å². The van der Waals surface area contributed by atoms with E-state index in [-0.39, 0.29) is 18.3 Å². The van der Waals surface area contributed by atoms with E-state index in [1.807, 2.05) is 33.8 Å². The summed E-state index contributed by atoms with van der Waals surface area (Å²) in [5.41, 5.74) is -0.542. The fraction of sp³-hybridized carbons (Fsp3) is 0.450. The van der Waals surface area contributed by atoms with Crippen LogP contribution in [0.15, 0.2) is 30.3 Å². The second kappa shape index (κ2) is 7.62. The predicted molar refractivity (Wildman–Crippen MR) is 101 cm³/mol. The van der Waals surface area contributed by atoms with Crippen molar-refractivity contribution in [1.82, 2.24) is 4.90 Å². The van der Waals surface area contributed by atoms with Crippen LogP contribution in [0, 0.1) is 0 Å². The summed E-state index contributed by atoms with van der Waals surface area (Å²) in [6, 6.07) is 7.09. The van der Waals surface area contributed by atoms with Gasteiger partial charge >= 0.3 is 5.97 Å². The van der Waals surface area contributed by atoms with E-state index in [1.165, 1.54) is 6.08 Å². The van der Waals surface area contributed by atoms with Crippen molar-refractivity contribution in [3.8, 4) is 0 Å². The number of halogens is 1. The summed E-state index contributed by atoms with van der Waals surface area (Å²) in [6.07, 6.45) is 3.37. The molecule has 26 heavy (non-hydrogen) atoms. The molecule has 0 N–H and O–H groups in total. The fourth-order valence-corrected chi connectivity index (χ4v) is 3.89. The first-order valence-electron chi connectivity index (χ1n) is 8.47. The quantitative estimate of drug-likeness (QED) is 0.593. The first kappa shape index (κ1) is 20.2. The SMILES string of the molecule is CC1(C)CC(=O)CC(C)(C)N1C(=O)COC(=O)/C=C/c1ccccc1Cl. The molecule has 0 radical (unpaired) electrons. The van der Waals surface area contributed by atoms with Gasteiger partial charge in [-0.1, -0.05) is 29.8 Å². The van der Waals surface area contributed by atoms with Gasteiger partial charge in [-0.2, -0.15) is 0 Å². The van der Waals surface area contributed by atoms with Crippen LogP contribution in [0.3, 0.4) is 0 Å². The van der Waals surface area contributed by atoms with Crippen LogP contribution in [0.2, 0.25) is 5.02 Å². The van der Waals surface area contributed by atoms with Gasteiger partial charge in [-0.05, 0) is 45.4 Å². The zero-order chi connectivity index (χ0) is 19.5. The van der Waals surface area contributed by atoms with Gasteiger partial charge in [0.2, 0.25) is 0 Å². The van der Waals surface area contributed by atoms with Crippen molar-refractivity contribution in [1.29, 1.82) is 0 Å². The standard InChI is InChI=1S/C20H24ClNO4/c1-19(2)11-15(23)12-20(3,4)22(19)17(24)13-26-18(25)10-9-14-7-5-6-8-16(14)21/h5-10H,11-13H2,1-4H3/b10-9+. The molecule has 1 aliphatic heterocycles. The van der Waals surface area contributed by atoms with Crippen molar-refractivity contribution in [3.63, 3.8) is 0 Å². The van der Waals surface area contributed by atoms with Gasteiger partial charge in [0.05, 0.1) is 0 Å². The van der Waals surface area contributed by atoms with Gasteiger partial charge in [-0.25, -0.2) is 4.79 Å². The maximum atomic E-state index is 12.7. The number of likely N-dealkylation sites (tertiary alicyclic amines) is 1. The number of amides is 1. The minimum atomic E-state index is -0.623. The minimum Gasteiger partial charge on any atom is -0.452 e. The average Bonchev–Trinajstić information content (AvgIpc) is 2.49. The number of Topliss-reactive ketones (excluding diaryl/α,β-unsaturated/α-hetero) is 1. The highest BCUT2D eigenvalue weighted by Crippen LogP contribution is 2.36. The first-order valence-corrected chi connectivity index (χ1v) is 8.85. The highest BCUT2D eigenvalue weighted by atomic mass is 35.5. The molecule has 1 aromatic rings. The van der Waals surface area contributed by atoms with Crippen LogP contribution in [0.5, 0.6) is 0 Å². The Bertz CT molecular complexity index is 732. The summed E-state index contributed by atoms with van der Waals surface area (Å²) in [4.78, 5) is 38.2. The summed E-state index contributed by atoms with van der Waals surface area (Å²) in [7, 11) is 0. The number of esters is 1. The minimum absolute atomic E-state index is 0.128. The van der Waals surface area contributed by atoms with Gasteiger partial charge in [0.15, 0.2) is 6.61 Å². The molecule has 0 bridgehead atoms. The Balaban J connectivity index is 2.00. The smallest absolute Gasteiger partial charge is 0.331 e. The van der Waals surface area contributed by atoms with Gasteiger partial charge in [0.1, 0.15) is 5.78 Å². The second-order valence-corrected chi connectivity index (χ2v) is 8.12. The van der Waals surface area contributed by atoms with Crippen molar-refractivity contribution in [2.24, 2.45) is 0 Å². The molecular formula is C20H24ClNO4. The lowest BCUT2D eigenvalue weighted by Gasteiger charge is -2.51. The highest BCUT2D eigenvalue weighted by Gasteiger charge is 2.47. The Labute approximate surface area is 159 Å². The summed E-state index contributed by atoms with van der Waals surface area (Å²) in [5.74, 6) is -0.808. The first-order chi connectivity index (χ1) is 12.0. The lowest BCUT2D eigenvalue weighted by Crippen LogP contribution is -2.63. The van der Waals surface area contributed by atoms with Gasteiger partial charge in [0.25, 0.3) is 5.91 Å². The monoisotopic (exact) mass is 377 g/mol. The third kappa shape index (κ3) is 4.73. The van der Waals surface area contributed by atoms with Crippen molar-refractivity contribution < 1.29 is 19.1 Å². The lowest BCUT2D eigenvalue weighted by atomic mass is 9.79. The van der Waals surface area contributed by atoms with Crippen LogP contribution in [-0.2, 0) is 19.1 Å². The summed E-state index contributed by atoms with van der Waals surface area (Å²) < 4.78 is 5.09. The van der Waals surface area contributed by atoms with E-state index in [4.69, 9.17) is 16.3 Å². The van der Waals surface area contributed by atoms with Gasteiger partial charge in [-0.15, -0.1) is 0 Å². The molecule has 0 spiro atoms. The number of piperidine rings is 1. The van der Waals surface area contributed by atoms with E-state index < -0.39 is 17.0 Å². The molecule has 0 atom stereocenters. The number of ether oxygens (including phenoxy) is 1. The number of carbonyl (C=O) groups excluding carboxylic acids is 3. The maximum Gasteiger partial charge on any atom is 0.331 e. The molecule has 0 saturated carbocycles. The van der Waals surface area contributed by atoms with Crippen molar-refractivity contribution >= 4 is 35.3 Å². The molecule has 140 valence electrons. The number of nitrogens with zero attached hydrogens (tertiary/aromatic N) is 1. The molecule has 0 aromatic heterocycles. The van der Waals surface area contributed by atoms with Crippen LogP contribution in [0.4, 0.5) is 0 Å². The van der Waals surface area contributed by atoms with Crippen LogP contribution in [-0.4, -0.2) is 40.2 Å². The molecule has 6 heteroatoms. The Morgan fingerprint density at radius 3 is 2.31 bits per heavy atom. The van der Waals surface area contributed by atoms with Gasteiger partial charge in [-0.3, -0.25) is 9.59 Å². The van der Waals surface area contributed by atoms with Gasteiger partial charge < -0.3 is 9.64 Å². The van der Waals surface area contributed by atoms with E-state index in [9.17, 15) is 14.4 Å². The maximum absolute atomic E-state index is 12.7. The Morgan fingerprint density at radius 2 is 1.73 bits per heavy atom. The molecule has 0 unspecified atom stereocenters. The second-order valence-electron chi connectivity index (χ2n) is 7.71. The van der Waals surface area contributed by atoms with E-state index >= 15 is 0 Å². The Kier molecular flexibility index (Phi) is 5.91. The Hall–Kier alpha value is -2.14.